The van der Waals surface area contributed by atoms with Crippen LogP contribution in [0.3, 0.4) is 0 Å². The highest BCUT2D eigenvalue weighted by Gasteiger charge is 2.25. The first-order valence-corrected chi connectivity index (χ1v) is 6.97. The summed E-state index contributed by atoms with van der Waals surface area (Å²) in [6.45, 7) is 7.31. The molecule has 0 spiro atoms. The molecule has 0 aromatic rings. The van der Waals surface area contributed by atoms with Crippen LogP contribution in [0.5, 0.6) is 0 Å². The van der Waals surface area contributed by atoms with Gasteiger partial charge in [0, 0.05) is 24.7 Å². The summed E-state index contributed by atoms with van der Waals surface area (Å²) in [5.41, 5.74) is 0.777. The lowest BCUT2D eigenvalue weighted by atomic mass is 10.0. The van der Waals surface area contributed by atoms with Crippen LogP contribution in [-0.4, -0.2) is 42.6 Å². The lowest BCUT2D eigenvalue weighted by Crippen LogP contribution is -2.49. The van der Waals surface area contributed by atoms with Crippen molar-refractivity contribution in [3.8, 4) is 0 Å². The average Bonchev–Trinajstić information content (AvgIpc) is 2.38. The molecule has 1 aliphatic rings. The molecule has 0 aromatic carbocycles. The molecule has 0 bridgehead atoms. The number of allylic oxidation sites excluding steroid dienone is 1. The zero-order chi connectivity index (χ0) is 14.3. The van der Waals surface area contributed by atoms with Crippen molar-refractivity contribution in [2.45, 2.75) is 46.1 Å². The molecule has 1 saturated heterocycles. The second-order valence-corrected chi connectivity index (χ2v) is 4.75. The van der Waals surface area contributed by atoms with Crippen molar-refractivity contribution in [2.24, 2.45) is 0 Å². The van der Waals surface area contributed by atoms with E-state index >= 15 is 0 Å². The van der Waals surface area contributed by atoms with Crippen LogP contribution in [0.1, 0.15) is 40.0 Å². The van der Waals surface area contributed by atoms with Crippen molar-refractivity contribution in [1.29, 1.82) is 0 Å². The highest BCUT2D eigenvalue weighted by Crippen LogP contribution is 2.13. The van der Waals surface area contributed by atoms with Gasteiger partial charge in [-0.25, -0.2) is 4.79 Å². The Hall–Kier alpha value is -1.52. The molecular formula is C14H24N2O3. The zero-order valence-electron chi connectivity index (χ0n) is 12.1. The minimum absolute atomic E-state index is 0.00817. The van der Waals surface area contributed by atoms with E-state index in [1.54, 1.807) is 6.92 Å². The number of likely N-dealkylation sites (tertiary alicyclic amines) is 1. The summed E-state index contributed by atoms with van der Waals surface area (Å²) in [6.07, 6.45) is 4.18. The number of hydrogen-bond acceptors (Lipinski definition) is 3. The first-order valence-electron chi connectivity index (χ1n) is 6.97. The van der Waals surface area contributed by atoms with Gasteiger partial charge in [-0.15, -0.1) is 0 Å². The maximum absolute atomic E-state index is 12.2. The van der Waals surface area contributed by atoms with E-state index in [1.807, 2.05) is 24.8 Å². The molecule has 1 aliphatic heterocycles. The third-order valence-corrected chi connectivity index (χ3v) is 3.15. The molecule has 1 heterocycles. The van der Waals surface area contributed by atoms with Crippen molar-refractivity contribution >= 4 is 12.0 Å². The van der Waals surface area contributed by atoms with Crippen LogP contribution in [0.15, 0.2) is 11.6 Å². The monoisotopic (exact) mass is 268 g/mol. The van der Waals surface area contributed by atoms with Gasteiger partial charge in [-0.1, -0.05) is 13.0 Å². The van der Waals surface area contributed by atoms with Gasteiger partial charge in [-0.05, 0) is 33.1 Å². The molecule has 5 nitrogen and oxygen atoms in total. The van der Waals surface area contributed by atoms with Crippen LogP contribution in [-0.2, 0) is 9.53 Å². The molecule has 1 rings (SSSR count). The molecule has 2 amide bonds. The quantitative estimate of drug-likeness (QED) is 0.794. The number of rotatable bonds is 4. The summed E-state index contributed by atoms with van der Waals surface area (Å²) in [7, 11) is 0. The fourth-order valence-electron chi connectivity index (χ4n) is 2.26. The molecule has 1 unspecified atom stereocenters. The molecule has 0 saturated carbocycles. The first kappa shape index (κ1) is 15.5. The molecule has 1 N–H and O–H groups in total. The number of alkyl carbamates (subject to hydrolysis) is 1. The summed E-state index contributed by atoms with van der Waals surface area (Å²) in [6, 6.07) is -0.00817. The third kappa shape index (κ3) is 4.93. The number of ether oxygens (including phenoxy) is 1. The van der Waals surface area contributed by atoms with Crippen molar-refractivity contribution in [2.75, 3.05) is 19.7 Å². The predicted octanol–water partition coefficient (Wildman–Crippen LogP) is 2.08. The van der Waals surface area contributed by atoms with Crippen molar-refractivity contribution in [3.63, 3.8) is 0 Å². The van der Waals surface area contributed by atoms with Gasteiger partial charge in [0.25, 0.3) is 0 Å². The summed E-state index contributed by atoms with van der Waals surface area (Å²) >= 11 is 0. The number of hydrogen-bond donors (Lipinski definition) is 1. The van der Waals surface area contributed by atoms with E-state index in [-0.39, 0.29) is 11.9 Å². The molecule has 108 valence electrons. The first-order chi connectivity index (χ1) is 9.08. The fourth-order valence-corrected chi connectivity index (χ4v) is 2.26. The Bertz CT molecular complexity index is 353. The second-order valence-electron chi connectivity index (χ2n) is 4.75. The van der Waals surface area contributed by atoms with Crippen molar-refractivity contribution in [1.82, 2.24) is 10.2 Å². The summed E-state index contributed by atoms with van der Waals surface area (Å²) < 4.78 is 4.86. The normalized spacial score (nSPS) is 20.1. The smallest absolute Gasteiger partial charge is 0.407 e. The summed E-state index contributed by atoms with van der Waals surface area (Å²) in [4.78, 5) is 25.3. The molecule has 19 heavy (non-hydrogen) atoms. The number of nitrogens with one attached hydrogen (secondary N) is 1. The molecule has 0 aromatic heterocycles. The molecule has 1 atom stereocenters. The van der Waals surface area contributed by atoms with Crippen LogP contribution >= 0.6 is 0 Å². The van der Waals surface area contributed by atoms with Gasteiger partial charge in [-0.2, -0.15) is 0 Å². The fraction of sp³-hybridized carbons (Fsp3) is 0.714. The SMILES string of the molecule is CC/C=C(\C)C(=O)N1CCCC(NC(=O)OCC)C1. The lowest BCUT2D eigenvalue weighted by Gasteiger charge is -2.33. The second kappa shape index (κ2) is 7.81. The van der Waals surface area contributed by atoms with Crippen LogP contribution < -0.4 is 5.32 Å². The minimum atomic E-state index is -0.400. The van der Waals surface area contributed by atoms with Crippen LogP contribution in [0.4, 0.5) is 4.79 Å². The summed E-state index contributed by atoms with van der Waals surface area (Å²) in [5, 5.41) is 2.80. The Morgan fingerprint density at radius 2 is 2.16 bits per heavy atom. The molecule has 0 radical (unpaired) electrons. The zero-order valence-corrected chi connectivity index (χ0v) is 12.1. The molecular weight excluding hydrogens is 244 g/mol. The largest absolute Gasteiger partial charge is 0.450 e. The van der Waals surface area contributed by atoms with E-state index < -0.39 is 6.09 Å². The van der Waals surface area contributed by atoms with E-state index in [9.17, 15) is 9.59 Å². The standard InChI is InChI=1S/C14H24N2O3/c1-4-7-11(3)13(17)16-9-6-8-12(10-16)15-14(18)19-5-2/h7,12H,4-6,8-10H2,1-3H3,(H,15,18)/b11-7+. The van der Waals surface area contributed by atoms with Gasteiger partial charge in [0.2, 0.25) is 5.91 Å². The van der Waals surface area contributed by atoms with E-state index in [2.05, 4.69) is 5.32 Å². The number of piperidine rings is 1. The van der Waals surface area contributed by atoms with Gasteiger partial charge < -0.3 is 15.0 Å². The van der Waals surface area contributed by atoms with Crippen LogP contribution in [0.2, 0.25) is 0 Å². The van der Waals surface area contributed by atoms with Gasteiger partial charge >= 0.3 is 6.09 Å². The summed E-state index contributed by atoms with van der Waals surface area (Å²) in [5.74, 6) is 0.0669. The average molecular weight is 268 g/mol. The maximum Gasteiger partial charge on any atom is 0.407 e. The van der Waals surface area contributed by atoms with E-state index in [0.29, 0.717) is 13.2 Å². The topological polar surface area (TPSA) is 58.6 Å². The number of nitrogens with zero attached hydrogens (tertiary/aromatic N) is 1. The van der Waals surface area contributed by atoms with Crippen molar-refractivity contribution in [3.05, 3.63) is 11.6 Å². The highest BCUT2D eigenvalue weighted by atomic mass is 16.5. The molecule has 5 heteroatoms. The molecule has 0 aliphatic carbocycles. The Kier molecular flexibility index (Phi) is 6.39. The maximum atomic E-state index is 12.2. The van der Waals surface area contributed by atoms with E-state index in [4.69, 9.17) is 4.74 Å². The van der Waals surface area contributed by atoms with Crippen LogP contribution in [0.25, 0.3) is 0 Å². The highest BCUT2D eigenvalue weighted by molar-refractivity contribution is 5.92. The Balaban J connectivity index is 2.52. The van der Waals surface area contributed by atoms with Gasteiger partial charge in [-0.3, -0.25) is 4.79 Å². The number of amides is 2. The Morgan fingerprint density at radius 1 is 1.42 bits per heavy atom. The van der Waals surface area contributed by atoms with Crippen LogP contribution in [0, 0.1) is 0 Å². The number of carbonyl (C=O) groups is 2. The van der Waals surface area contributed by atoms with E-state index in [1.165, 1.54) is 0 Å². The Labute approximate surface area is 115 Å². The minimum Gasteiger partial charge on any atom is -0.450 e. The van der Waals surface area contributed by atoms with Gasteiger partial charge in [0.1, 0.15) is 0 Å². The van der Waals surface area contributed by atoms with E-state index in [0.717, 1.165) is 31.4 Å². The lowest BCUT2D eigenvalue weighted by molar-refractivity contribution is -0.128. The Morgan fingerprint density at radius 3 is 2.79 bits per heavy atom. The third-order valence-electron chi connectivity index (χ3n) is 3.15. The number of carbonyl (C=O) groups excluding carboxylic acids is 2. The molecule has 1 fully saturated rings. The van der Waals surface area contributed by atoms with Gasteiger partial charge in [0.15, 0.2) is 0 Å². The van der Waals surface area contributed by atoms with Gasteiger partial charge in [0.05, 0.1) is 6.61 Å². The predicted molar refractivity (Wildman–Crippen MR) is 73.8 cm³/mol. The van der Waals surface area contributed by atoms with Crippen molar-refractivity contribution < 1.29 is 14.3 Å².